The fourth-order valence-electron chi connectivity index (χ4n) is 7.44. The van der Waals surface area contributed by atoms with Crippen LogP contribution in [0.1, 0.15) is 48.4 Å². The van der Waals surface area contributed by atoms with Gasteiger partial charge in [0.1, 0.15) is 102 Å². The van der Waals surface area contributed by atoms with Crippen LogP contribution < -0.4 is 11.1 Å². The van der Waals surface area contributed by atoms with E-state index in [1.807, 2.05) is 0 Å². The number of ketones is 1. The number of nitrogen functional groups attached to an aromatic ring is 1. The first kappa shape index (κ1) is 67.8. The van der Waals surface area contributed by atoms with Crippen molar-refractivity contribution < 1.29 is 87.2 Å². The summed E-state index contributed by atoms with van der Waals surface area (Å²) in [6.07, 6.45) is 0. The third-order valence-electron chi connectivity index (χ3n) is 11.5. The number of anilines is 3. The van der Waals surface area contributed by atoms with Crippen LogP contribution in [0, 0.1) is 69.8 Å². The highest BCUT2D eigenvalue weighted by atomic mass is 35.5. The van der Waals surface area contributed by atoms with Gasteiger partial charge in [-0.05, 0) is 128 Å². The molecule has 6 aromatic carbocycles. The molecule has 456 valence electrons. The minimum absolute atomic E-state index is 0.0266. The highest BCUT2D eigenvalue weighted by Gasteiger charge is 2.22. The second-order valence-electron chi connectivity index (χ2n) is 17.5. The maximum atomic E-state index is 14.1. The van der Waals surface area contributed by atoms with Crippen LogP contribution >= 0.6 is 34.8 Å². The van der Waals surface area contributed by atoms with Gasteiger partial charge in [0.15, 0.2) is 5.78 Å². The van der Waals surface area contributed by atoms with Gasteiger partial charge in [-0.1, -0.05) is 46.9 Å². The van der Waals surface area contributed by atoms with Gasteiger partial charge in [-0.3, -0.25) is 4.79 Å². The van der Waals surface area contributed by atoms with Crippen molar-refractivity contribution in [2.24, 2.45) is 0 Å². The number of para-hydroxylation sites is 2. The summed E-state index contributed by atoms with van der Waals surface area (Å²) in [4.78, 5) is 60.3. The van der Waals surface area contributed by atoms with Crippen molar-refractivity contribution in [1.29, 1.82) is 0 Å². The summed E-state index contributed by atoms with van der Waals surface area (Å²) in [5.41, 5.74) is 2.60. The summed E-state index contributed by atoms with van der Waals surface area (Å²) >= 11 is 17.0. The van der Waals surface area contributed by atoms with Crippen LogP contribution in [-0.2, 0) is 0 Å². The second-order valence-corrected chi connectivity index (χ2v) is 18.7. The summed E-state index contributed by atoms with van der Waals surface area (Å²) in [6.45, 7) is 1.34. The number of pyridine rings is 4. The van der Waals surface area contributed by atoms with Crippen molar-refractivity contribution in [2.45, 2.75) is 6.92 Å². The molecule has 28 heteroatoms. The summed E-state index contributed by atoms with van der Waals surface area (Å²) in [6, 6.07) is 28.2. The number of aromatic nitrogens is 4. The van der Waals surface area contributed by atoms with E-state index >= 15 is 0 Å². The zero-order valence-corrected chi connectivity index (χ0v) is 46.8. The molecule has 13 nitrogen and oxygen atoms in total. The molecule has 0 unspecified atom stereocenters. The molecule has 0 spiro atoms. The van der Waals surface area contributed by atoms with Gasteiger partial charge in [0.2, 0.25) is 0 Å². The fraction of sp³-hybridized carbons (Fsp3) is 0.0164. The SMILES string of the molecule is CC(=O)c1ccc(Cl)nc1-c1ccc(F)cc1F.Nc1c(F)cccc1F.O=C(O)c1ccc(Cl)nc1-c1ccc(F)cc1F.O=C(O)c1ccc(Cl)nc1-c1ccc(F)cc1F.O=C(O)c1ccc(Nc2c(F)cccc2F)nc1-c1ccc(F)cc1F. The molecule has 0 aliphatic heterocycles. The van der Waals surface area contributed by atoms with E-state index in [9.17, 15) is 77.0 Å². The van der Waals surface area contributed by atoms with E-state index in [4.69, 9.17) is 50.7 Å². The number of aromatic carboxylic acids is 3. The molecule has 0 atom stereocenters. The average molecular weight is 1300 g/mol. The average Bonchev–Trinajstić information content (AvgIpc) is 3.24. The monoisotopic (exact) mass is 1300 g/mol. The minimum Gasteiger partial charge on any atom is -0.478 e. The van der Waals surface area contributed by atoms with Crippen LogP contribution in [0.2, 0.25) is 15.5 Å². The van der Waals surface area contributed by atoms with Gasteiger partial charge >= 0.3 is 17.9 Å². The molecule has 0 saturated carbocycles. The second kappa shape index (κ2) is 30.3. The molecule has 4 aromatic heterocycles. The van der Waals surface area contributed by atoms with Crippen LogP contribution in [0.3, 0.4) is 0 Å². The number of hydrogen-bond acceptors (Lipinski definition) is 10. The van der Waals surface area contributed by atoms with Crippen LogP contribution in [0.15, 0.2) is 158 Å². The Balaban J connectivity index is 0.000000183. The Morgan fingerprint density at radius 2 is 0.652 bits per heavy atom. The Morgan fingerprint density at radius 1 is 0.371 bits per heavy atom. The number of carbonyl (C=O) groups excluding carboxylic acids is 1. The van der Waals surface area contributed by atoms with Crippen LogP contribution in [0.4, 0.5) is 69.9 Å². The maximum Gasteiger partial charge on any atom is 0.337 e. The largest absolute Gasteiger partial charge is 0.478 e. The lowest BCUT2D eigenvalue weighted by Gasteiger charge is -2.12. The molecule has 89 heavy (non-hydrogen) atoms. The topological polar surface area (TPSA) is 219 Å². The molecule has 4 heterocycles. The van der Waals surface area contributed by atoms with Gasteiger partial charge in [0, 0.05) is 52.1 Å². The van der Waals surface area contributed by atoms with E-state index in [0.29, 0.717) is 18.2 Å². The van der Waals surface area contributed by atoms with E-state index in [1.54, 1.807) is 0 Å². The van der Waals surface area contributed by atoms with E-state index in [2.05, 4.69) is 25.3 Å². The molecular formula is C61H35Cl3F12N6O7. The number of Topliss-reactive ketones (excluding diaryl/α,β-unsaturated/α-hetero) is 1. The number of carboxylic acid groups (broad SMARTS) is 3. The number of nitrogens with one attached hydrogen (secondary N) is 1. The minimum atomic E-state index is -1.39. The number of carbonyl (C=O) groups is 4. The molecule has 0 saturated heterocycles. The molecule has 0 bridgehead atoms. The first-order valence-corrected chi connectivity index (χ1v) is 25.6. The van der Waals surface area contributed by atoms with Gasteiger partial charge in [0.25, 0.3) is 0 Å². The molecule has 0 radical (unpaired) electrons. The number of nitrogens with zero attached hydrogens (tertiary/aromatic N) is 4. The number of benzene rings is 6. The van der Waals surface area contributed by atoms with Crippen molar-refractivity contribution >= 4 is 75.7 Å². The quantitative estimate of drug-likeness (QED) is 0.0373. The van der Waals surface area contributed by atoms with E-state index in [-0.39, 0.29) is 94.3 Å². The molecule has 0 aliphatic carbocycles. The Labute approximate surface area is 508 Å². The Kier molecular flexibility index (Phi) is 23.1. The van der Waals surface area contributed by atoms with E-state index in [0.717, 1.165) is 78.9 Å². The Morgan fingerprint density at radius 3 is 0.944 bits per heavy atom. The lowest BCUT2D eigenvalue weighted by atomic mass is 10.0. The zero-order valence-electron chi connectivity index (χ0n) is 44.5. The fourth-order valence-corrected chi connectivity index (χ4v) is 7.88. The number of rotatable bonds is 10. The molecule has 0 fully saturated rings. The molecule has 10 aromatic rings. The lowest BCUT2D eigenvalue weighted by molar-refractivity contribution is 0.0686. The molecule has 10 rings (SSSR count). The highest BCUT2D eigenvalue weighted by Crippen LogP contribution is 2.32. The van der Waals surface area contributed by atoms with Gasteiger partial charge in [0.05, 0.1) is 39.5 Å². The van der Waals surface area contributed by atoms with Gasteiger partial charge in [-0.15, -0.1) is 0 Å². The number of carboxylic acids is 3. The Bertz CT molecular complexity index is 4040. The van der Waals surface area contributed by atoms with E-state index in [1.165, 1.54) is 67.6 Å². The van der Waals surface area contributed by atoms with Crippen molar-refractivity contribution in [2.75, 3.05) is 11.1 Å². The van der Waals surface area contributed by atoms with Crippen LogP contribution in [-0.4, -0.2) is 58.9 Å². The third kappa shape index (κ3) is 17.9. The maximum absolute atomic E-state index is 14.1. The van der Waals surface area contributed by atoms with E-state index < -0.39 is 99.1 Å². The highest BCUT2D eigenvalue weighted by molar-refractivity contribution is 6.30. The Hall–Kier alpha value is -10.4. The smallest absolute Gasteiger partial charge is 0.337 e. The van der Waals surface area contributed by atoms with Crippen molar-refractivity contribution in [3.8, 4) is 45.0 Å². The van der Waals surface area contributed by atoms with Crippen LogP contribution in [0.5, 0.6) is 0 Å². The first-order valence-electron chi connectivity index (χ1n) is 24.5. The molecular weight excluding hydrogens is 1260 g/mol. The van der Waals surface area contributed by atoms with Crippen molar-refractivity contribution in [3.05, 3.63) is 265 Å². The van der Waals surface area contributed by atoms with Gasteiger partial charge in [-0.25, -0.2) is 87.0 Å². The molecule has 0 amide bonds. The zero-order chi connectivity index (χ0) is 65.6. The van der Waals surface area contributed by atoms with Crippen molar-refractivity contribution in [3.63, 3.8) is 0 Å². The standard InChI is InChI=1S/C18H10F4N2O2.C13H8ClF2NO.2C12H6ClF2NO2.C6H5F2N/c19-9-4-5-10(14(22)8-9)16-11(18(25)26)6-7-15(23-16)24-17-12(20)2-1-3-13(17)21;1-7(18)9-4-5-12(14)17-13(9)10-3-2-8(15)6-11(10)16;2*13-10-4-3-8(12(17)18)11(16-10)7-2-1-6(14)5-9(7)15;7-4-2-1-3-5(8)6(4)9/h1-8H,(H,23,24)(H,25,26);2-6H,1H3;2*1-5H,(H,17,18);1-3H,9H2. The van der Waals surface area contributed by atoms with Crippen LogP contribution in [0.25, 0.3) is 45.0 Å². The predicted octanol–water partition coefficient (Wildman–Crippen LogP) is 16.9. The summed E-state index contributed by atoms with van der Waals surface area (Å²) < 4.78 is 158. The molecule has 0 aliphatic rings. The summed E-state index contributed by atoms with van der Waals surface area (Å²) in [5.74, 6) is -14.1. The predicted molar refractivity (Wildman–Crippen MR) is 305 cm³/mol. The number of hydrogen-bond donors (Lipinski definition) is 5. The van der Waals surface area contributed by atoms with Gasteiger partial charge < -0.3 is 26.4 Å². The molecule has 6 N–H and O–H groups in total. The van der Waals surface area contributed by atoms with Crippen molar-refractivity contribution in [1.82, 2.24) is 19.9 Å². The summed E-state index contributed by atoms with van der Waals surface area (Å²) in [5, 5.41) is 29.8. The summed E-state index contributed by atoms with van der Waals surface area (Å²) in [7, 11) is 0. The van der Waals surface area contributed by atoms with Gasteiger partial charge in [-0.2, -0.15) is 0 Å². The number of nitrogens with two attached hydrogens (primary N) is 1. The third-order valence-corrected chi connectivity index (χ3v) is 12.1. The lowest BCUT2D eigenvalue weighted by Crippen LogP contribution is -2.06. The first-order chi connectivity index (χ1) is 42.0. The normalized spacial score (nSPS) is 10.4. The number of halogens is 15.